The molecule has 0 spiro atoms. The second-order valence-corrected chi connectivity index (χ2v) is 9.49. The Hall–Kier alpha value is -1.80. The third kappa shape index (κ3) is 9.99. The van der Waals surface area contributed by atoms with Crippen molar-refractivity contribution in [3.63, 3.8) is 0 Å². The Morgan fingerprint density at radius 3 is 2.59 bits per heavy atom. The van der Waals surface area contributed by atoms with Gasteiger partial charge in [0, 0.05) is 38.1 Å². The van der Waals surface area contributed by atoms with Crippen LogP contribution in [0.2, 0.25) is 0 Å². The highest BCUT2D eigenvalue weighted by molar-refractivity contribution is 7.09. The lowest BCUT2D eigenvalue weighted by atomic mass is 9.97. The van der Waals surface area contributed by atoms with Gasteiger partial charge in [-0.05, 0) is 70.5 Å². The van der Waals surface area contributed by atoms with Crippen LogP contribution in [0, 0.1) is 5.92 Å². The summed E-state index contributed by atoms with van der Waals surface area (Å²) in [6, 6.07) is 4.35. The number of carbonyl (C=O) groups is 1. The van der Waals surface area contributed by atoms with Crippen molar-refractivity contribution in [2.24, 2.45) is 10.9 Å². The number of hydrogen-bond donors (Lipinski definition) is 3. The predicted octanol–water partition coefficient (Wildman–Crippen LogP) is 3.04. The molecule has 2 rings (SSSR count). The fourth-order valence-corrected chi connectivity index (χ4v) is 3.98. The van der Waals surface area contributed by atoms with Crippen molar-refractivity contribution in [3.8, 4) is 0 Å². The fourth-order valence-electron chi connectivity index (χ4n) is 3.23. The number of hydrogen-bond acceptors (Lipinski definition) is 5. The molecule has 1 amide bonds. The van der Waals surface area contributed by atoms with E-state index in [0.29, 0.717) is 12.5 Å². The molecule has 0 atom stereocenters. The van der Waals surface area contributed by atoms with Gasteiger partial charge in [0.05, 0.1) is 0 Å². The molecule has 0 radical (unpaired) electrons. The summed E-state index contributed by atoms with van der Waals surface area (Å²) in [5, 5.41) is 11.7. The first-order chi connectivity index (χ1) is 13.9. The van der Waals surface area contributed by atoms with Crippen LogP contribution in [0.25, 0.3) is 0 Å². The van der Waals surface area contributed by atoms with Crippen molar-refractivity contribution in [1.82, 2.24) is 20.9 Å². The van der Waals surface area contributed by atoms with Crippen LogP contribution in [0.3, 0.4) is 0 Å². The maximum Gasteiger partial charge on any atom is 0.407 e. The summed E-state index contributed by atoms with van der Waals surface area (Å²) >= 11 is 1.84. The van der Waals surface area contributed by atoms with E-state index in [1.807, 2.05) is 32.1 Å². The zero-order valence-corrected chi connectivity index (χ0v) is 19.1. The number of amides is 1. The number of likely N-dealkylation sites (tertiary alicyclic amines) is 1. The summed E-state index contributed by atoms with van der Waals surface area (Å²) in [5.74, 6) is 1.50. The molecule has 3 N–H and O–H groups in total. The van der Waals surface area contributed by atoms with Gasteiger partial charge in [-0.15, -0.1) is 11.3 Å². The lowest BCUT2D eigenvalue weighted by Gasteiger charge is -2.32. The van der Waals surface area contributed by atoms with Crippen molar-refractivity contribution < 1.29 is 9.53 Å². The number of thiophene rings is 1. The quantitative estimate of drug-likeness (QED) is 0.340. The molecule has 8 heteroatoms. The van der Waals surface area contributed by atoms with Crippen LogP contribution < -0.4 is 16.0 Å². The van der Waals surface area contributed by atoms with Gasteiger partial charge in [0.15, 0.2) is 5.96 Å². The normalized spacial score (nSPS) is 16.5. The standard InChI is InChI=1S/C21H37N5O2S/c1-21(2,3)28-20(27)24-11-6-10-23-19(22-4)25-15-17-8-12-26(13-9-17)16-18-7-5-14-29-18/h5,7,14,17H,6,8-13,15-16H2,1-4H3,(H,24,27)(H2,22,23,25). The largest absolute Gasteiger partial charge is 0.444 e. The Morgan fingerprint density at radius 2 is 1.97 bits per heavy atom. The Balaban J connectivity index is 1.53. The van der Waals surface area contributed by atoms with E-state index >= 15 is 0 Å². The third-order valence-corrected chi connectivity index (χ3v) is 5.62. The predicted molar refractivity (Wildman–Crippen MR) is 121 cm³/mol. The Bertz CT molecular complexity index is 620. The number of nitrogens with zero attached hydrogens (tertiary/aromatic N) is 2. The topological polar surface area (TPSA) is 78.0 Å². The number of alkyl carbamates (subject to hydrolysis) is 1. The van der Waals surface area contributed by atoms with Crippen molar-refractivity contribution in [2.75, 3.05) is 39.8 Å². The number of ether oxygens (including phenoxy) is 1. The molecular formula is C21H37N5O2S. The van der Waals surface area contributed by atoms with Crippen molar-refractivity contribution in [3.05, 3.63) is 22.4 Å². The molecule has 0 bridgehead atoms. The van der Waals surface area contributed by atoms with Crippen LogP contribution in [-0.4, -0.2) is 62.3 Å². The van der Waals surface area contributed by atoms with E-state index in [1.165, 1.54) is 17.7 Å². The van der Waals surface area contributed by atoms with Crippen LogP contribution >= 0.6 is 11.3 Å². The van der Waals surface area contributed by atoms with E-state index < -0.39 is 5.60 Å². The van der Waals surface area contributed by atoms with Gasteiger partial charge in [0.25, 0.3) is 0 Å². The van der Waals surface area contributed by atoms with Crippen LogP contribution in [0.1, 0.15) is 44.9 Å². The molecule has 164 valence electrons. The van der Waals surface area contributed by atoms with Crippen LogP contribution in [0.4, 0.5) is 4.79 Å². The molecular weight excluding hydrogens is 386 g/mol. The van der Waals surface area contributed by atoms with Gasteiger partial charge in [-0.25, -0.2) is 4.79 Å². The number of rotatable bonds is 8. The van der Waals surface area contributed by atoms with E-state index in [-0.39, 0.29) is 6.09 Å². The van der Waals surface area contributed by atoms with Gasteiger partial charge in [-0.2, -0.15) is 0 Å². The number of aliphatic imine (C=N–C) groups is 1. The summed E-state index contributed by atoms with van der Waals surface area (Å²) in [7, 11) is 1.79. The van der Waals surface area contributed by atoms with Gasteiger partial charge >= 0.3 is 6.09 Å². The molecule has 0 aliphatic carbocycles. The minimum atomic E-state index is -0.464. The van der Waals surface area contributed by atoms with Crippen molar-refractivity contribution in [1.29, 1.82) is 0 Å². The molecule has 1 aliphatic heterocycles. The zero-order chi connectivity index (χ0) is 21.1. The molecule has 0 aromatic carbocycles. The molecule has 29 heavy (non-hydrogen) atoms. The molecule has 0 unspecified atom stereocenters. The Labute approximate surface area is 179 Å². The lowest BCUT2D eigenvalue weighted by Crippen LogP contribution is -2.43. The maximum atomic E-state index is 11.6. The second-order valence-electron chi connectivity index (χ2n) is 8.46. The van der Waals surface area contributed by atoms with Crippen LogP contribution in [0.5, 0.6) is 0 Å². The van der Waals surface area contributed by atoms with E-state index in [0.717, 1.165) is 45.1 Å². The van der Waals surface area contributed by atoms with E-state index in [2.05, 4.69) is 43.4 Å². The lowest BCUT2D eigenvalue weighted by molar-refractivity contribution is 0.0527. The van der Waals surface area contributed by atoms with E-state index in [1.54, 1.807) is 7.05 Å². The summed E-state index contributed by atoms with van der Waals surface area (Å²) < 4.78 is 5.22. The molecule has 2 heterocycles. The molecule has 1 aliphatic rings. The molecule has 1 aromatic heterocycles. The third-order valence-electron chi connectivity index (χ3n) is 4.76. The fraction of sp³-hybridized carbons (Fsp3) is 0.714. The molecule has 7 nitrogen and oxygen atoms in total. The summed E-state index contributed by atoms with van der Waals surface area (Å²) in [6.07, 6.45) is 2.87. The van der Waals surface area contributed by atoms with E-state index in [4.69, 9.17) is 4.74 Å². The van der Waals surface area contributed by atoms with Gasteiger partial charge < -0.3 is 20.7 Å². The average Bonchev–Trinajstić information content (AvgIpc) is 3.17. The number of guanidine groups is 1. The minimum Gasteiger partial charge on any atom is -0.444 e. The maximum absolute atomic E-state index is 11.6. The minimum absolute atomic E-state index is 0.370. The summed E-state index contributed by atoms with van der Waals surface area (Å²) in [5.41, 5.74) is -0.464. The van der Waals surface area contributed by atoms with Gasteiger partial charge in [0.1, 0.15) is 5.60 Å². The average molecular weight is 424 g/mol. The molecule has 1 aromatic rings. The van der Waals surface area contributed by atoms with Crippen molar-refractivity contribution >= 4 is 23.4 Å². The van der Waals surface area contributed by atoms with Gasteiger partial charge in [-0.1, -0.05) is 6.07 Å². The Kier molecular flexibility index (Phi) is 9.73. The van der Waals surface area contributed by atoms with E-state index in [9.17, 15) is 4.79 Å². The van der Waals surface area contributed by atoms with Crippen LogP contribution in [0.15, 0.2) is 22.5 Å². The first-order valence-corrected chi connectivity index (χ1v) is 11.4. The first-order valence-electron chi connectivity index (χ1n) is 10.5. The van der Waals surface area contributed by atoms with Gasteiger partial charge in [-0.3, -0.25) is 9.89 Å². The Morgan fingerprint density at radius 1 is 1.24 bits per heavy atom. The number of carbonyl (C=O) groups excluding carboxylic acids is 1. The summed E-state index contributed by atoms with van der Waals surface area (Å²) in [6.45, 7) is 11.2. The first kappa shape index (κ1) is 23.5. The monoisotopic (exact) mass is 423 g/mol. The highest BCUT2D eigenvalue weighted by atomic mass is 32.1. The second kappa shape index (κ2) is 12.0. The molecule has 1 fully saturated rings. The molecule has 0 saturated carbocycles. The van der Waals surface area contributed by atoms with Crippen LogP contribution in [-0.2, 0) is 11.3 Å². The number of nitrogens with one attached hydrogen (secondary N) is 3. The molecule has 1 saturated heterocycles. The van der Waals surface area contributed by atoms with Gasteiger partial charge in [0.2, 0.25) is 0 Å². The smallest absolute Gasteiger partial charge is 0.407 e. The highest BCUT2D eigenvalue weighted by Gasteiger charge is 2.19. The number of piperidine rings is 1. The zero-order valence-electron chi connectivity index (χ0n) is 18.3. The highest BCUT2D eigenvalue weighted by Crippen LogP contribution is 2.20. The SMILES string of the molecule is CN=C(NCCCNC(=O)OC(C)(C)C)NCC1CCN(Cc2cccs2)CC1. The summed E-state index contributed by atoms with van der Waals surface area (Å²) in [4.78, 5) is 19.9. The van der Waals surface area contributed by atoms with Crippen molar-refractivity contribution in [2.45, 2.75) is 52.2 Å².